The summed E-state index contributed by atoms with van der Waals surface area (Å²) in [5.41, 5.74) is -0.00940. The second-order valence-corrected chi connectivity index (χ2v) is 4.16. The molecule has 0 bridgehead atoms. The lowest BCUT2D eigenvalue weighted by Crippen LogP contribution is -2.25. The van der Waals surface area contributed by atoms with Crippen LogP contribution in [0.4, 0.5) is 5.82 Å². The zero-order valence-corrected chi connectivity index (χ0v) is 10.3. The first kappa shape index (κ1) is 14.3. The molecule has 0 aliphatic heterocycles. The molecule has 0 aliphatic carbocycles. The van der Waals surface area contributed by atoms with E-state index in [1.54, 1.807) is 6.92 Å². The van der Waals surface area contributed by atoms with Crippen molar-refractivity contribution in [2.75, 3.05) is 11.9 Å². The highest BCUT2D eigenvalue weighted by Crippen LogP contribution is 2.16. The van der Waals surface area contributed by atoms with Crippen molar-refractivity contribution in [3.8, 4) is 0 Å². The first-order valence-corrected chi connectivity index (χ1v) is 5.58. The van der Waals surface area contributed by atoms with Crippen molar-refractivity contribution in [2.45, 2.75) is 26.4 Å². The van der Waals surface area contributed by atoms with Crippen LogP contribution in [0.5, 0.6) is 0 Å². The number of nitrogens with one attached hydrogen (secondary N) is 2. The molecule has 1 aromatic rings. The lowest BCUT2D eigenvalue weighted by molar-refractivity contribution is -0.114. The number of anilines is 1. The SMILES string of the molecule is CC(=O)Nc1[nH]c(=O)ncc1C[C@@H](CO)[C@@H](C)O. The maximum absolute atomic E-state index is 11.1. The van der Waals surface area contributed by atoms with Crippen LogP contribution in [0.25, 0.3) is 0 Å². The van der Waals surface area contributed by atoms with Crippen LogP contribution in [0.2, 0.25) is 0 Å². The van der Waals surface area contributed by atoms with Gasteiger partial charge in [0, 0.05) is 31.2 Å². The highest BCUT2D eigenvalue weighted by Gasteiger charge is 2.17. The average Bonchev–Trinajstić information content (AvgIpc) is 2.26. The molecule has 1 rings (SSSR count). The highest BCUT2D eigenvalue weighted by atomic mass is 16.3. The molecular weight excluding hydrogens is 238 g/mol. The summed E-state index contributed by atoms with van der Waals surface area (Å²) in [7, 11) is 0. The summed E-state index contributed by atoms with van der Waals surface area (Å²) < 4.78 is 0. The van der Waals surface area contributed by atoms with Crippen molar-refractivity contribution in [1.29, 1.82) is 0 Å². The number of rotatable bonds is 5. The van der Waals surface area contributed by atoms with Gasteiger partial charge in [-0.25, -0.2) is 9.78 Å². The normalized spacial score (nSPS) is 14.0. The Kier molecular flexibility index (Phi) is 4.99. The lowest BCUT2D eigenvalue weighted by Gasteiger charge is -2.18. The molecule has 0 saturated carbocycles. The molecule has 7 nitrogen and oxygen atoms in total. The van der Waals surface area contributed by atoms with Crippen molar-refractivity contribution >= 4 is 11.7 Å². The van der Waals surface area contributed by atoms with Crippen LogP contribution >= 0.6 is 0 Å². The largest absolute Gasteiger partial charge is 0.396 e. The average molecular weight is 255 g/mol. The summed E-state index contributed by atoms with van der Waals surface area (Å²) in [6.07, 6.45) is 0.926. The minimum absolute atomic E-state index is 0.198. The summed E-state index contributed by atoms with van der Waals surface area (Å²) in [5.74, 6) is -0.456. The van der Waals surface area contributed by atoms with Gasteiger partial charge in [-0.05, 0) is 13.3 Å². The monoisotopic (exact) mass is 255 g/mol. The number of aromatic amines is 1. The number of carbonyl (C=O) groups excluding carboxylic acids is 1. The van der Waals surface area contributed by atoms with Gasteiger partial charge >= 0.3 is 5.69 Å². The Morgan fingerprint density at radius 1 is 1.61 bits per heavy atom. The van der Waals surface area contributed by atoms with Crippen LogP contribution in [0.3, 0.4) is 0 Å². The van der Waals surface area contributed by atoms with Gasteiger partial charge in [-0.15, -0.1) is 0 Å². The van der Waals surface area contributed by atoms with Crippen LogP contribution in [0.1, 0.15) is 19.4 Å². The van der Waals surface area contributed by atoms with E-state index in [2.05, 4.69) is 15.3 Å². The highest BCUT2D eigenvalue weighted by molar-refractivity contribution is 5.88. The van der Waals surface area contributed by atoms with E-state index in [1.807, 2.05) is 0 Å². The zero-order valence-electron chi connectivity index (χ0n) is 10.3. The fraction of sp³-hybridized carbons (Fsp3) is 0.545. The number of carbonyl (C=O) groups is 1. The van der Waals surface area contributed by atoms with E-state index in [4.69, 9.17) is 5.11 Å². The van der Waals surface area contributed by atoms with Gasteiger partial charge in [0.1, 0.15) is 5.82 Å². The first-order chi connectivity index (χ1) is 8.43. The maximum Gasteiger partial charge on any atom is 0.346 e. The smallest absolute Gasteiger partial charge is 0.346 e. The van der Waals surface area contributed by atoms with E-state index in [0.717, 1.165) is 0 Å². The number of amides is 1. The molecule has 1 aromatic heterocycles. The van der Waals surface area contributed by atoms with Gasteiger partial charge < -0.3 is 15.5 Å². The maximum atomic E-state index is 11.1. The summed E-state index contributed by atoms with van der Waals surface area (Å²) in [6, 6.07) is 0. The Morgan fingerprint density at radius 2 is 2.28 bits per heavy atom. The van der Waals surface area contributed by atoms with Crippen molar-refractivity contribution in [3.63, 3.8) is 0 Å². The van der Waals surface area contributed by atoms with Gasteiger partial charge in [-0.1, -0.05) is 0 Å². The second-order valence-electron chi connectivity index (χ2n) is 4.16. The molecule has 0 spiro atoms. The van der Waals surface area contributed by atoms with E-state index < -0.39 is 11.8 Å². The van der Waals surface area contributed by atoms with Crippen molar-refractivity contribution < 1.29 is 15.0 Å². The van der Waals surface area contributed by atoms with E-state index in [0.29, 0.717) is 12.0 Å². The van der Waals surface area contributed by atoms with Crippen molar-refractivity contribution in [1.82, 2.24) is 9.97 Å². The molecule has 0 unspecified atom stereocenters. The molecule has 4 N–H and O–H groups in total. The topological polar surface area (TPSA) is 115 Å². The first-order valence-electron chi connectivity index (χ1n) is 5.58. The number of aliphatic hydroxyl groups excluding tert-OH is 2. The lowest BCUT2D eigenvalue weighted by atomic mass is 9.96. The van der Waals surface area contributed by atoms with Crippen LogP contribution in [0.15, 0.2) is 11.0 Å². The minimum atomic E-state index is -0.702. The summed E-state index contributed by atoms with van der Waals surface area (Å²) >= 11 is 0. The molecule has 1 amide bonds. The predicted octanol–water partition coefficient (Wildman–Crippen LogP) is -0.740. The number of hydrogen-bond donors (Lipinski definition) is 4. The molecule has 100 valence electrons. The Hall–Kier alpha value is -1.73. The number of nitrogens with zero attached hydrogens (tertiary/aromatic N) is 1. The number of H-pyrrole nitrogens is 1. The molecule has 0 radical (unpaired) electrons. The van der Waals surface area contributed by atoms with E-state index in [9.17, 15) is 14.7 Å². The Morgan fingerprint density at radius 3 is 2.78 bits per heavy atom. The van der Waals surface area contributed by atoms with Gasteiger partial charge in [-0.2, -0.15) is 0 Å². The van der Waals surface area contributed by atoms with Crippen LogP contribution < -0.4 is 11.0 Å². The number of hydrogen-bond acceptors (Lipinski definition) is 5. The van der Waals surface area contributed by atoms with Gasteiger partial charge in [0.2, 0.25) is 5.91 Å². The van der Waals surface area contributed by atoms with E-state index >= 15 is 0 Å². The second kappa shape index (κ2) is 6.27. The van der Waals surface area contributed by atoms with Crippen LogP contribution in [0, 0.1) is 5.92 Å². The van der Waals surface area contributed by atoms with Gasteiger partial charge in [0.25, 0.3) is 0 Å². The summed E-state index contributed by atoms with van der Waals surface area (Å²) in [6.45, 7) is 2.69. The summed E-state index contributed by atoms with van der Waals surface area (Å²) in [5, 5.41) is 21.1. The third kappa shape index (κ3) is 3.94. The van der Waals surface area contributed by atoms with E-state index in [1.165, 1.54) is 13.1 Å². The Labute approximate surface area is 104 Å². The van der Waals surface area contributed by atoms with Gasteiger partial charge in [-0.3, -0.25) is 9.78 Å². The summed E-state index contributed by atoms with van der Waals surface area (Å²) in [4.78, 5) is 28.1. The number of aliphatic hydroxyl groups is 2. The molecule has 0 aliphatic rings. The molecule has 1 heterocycles. The molecule has 2 atom stereocenters. The third-order valence-corrected chi connectivity index (χ3v) is 2.59. The molecule has 0 fully saturated rings. The van der Waals surface area contributed by atoms with Gasteiger partial charge in [0.05, 0.1) is 6.10 Å². The molecule has 0 saturated heterocycles. The Balaban J connectivity index is 3.00. The minimum Gasteiger partial charge on any atom is -0.396 e. The van der Waals surface area contributed by atoms with E-state index in [-0.39, 0.29) is 24.2 Å². The van der Waals surface area contributed by atoms with Crippen molar-refractivity contribution in [2.24, 2.45) is 5.92 Å². The number of aromatic nitrogens is 2. The molecular formula is C11H17N3O4. The molecule has 18 heavy (non-hydrogen) atoms. The fourth-order valence-corrected chi connectivity index (χ4v) is 1.53. The predicted molar refractivity (Wildman–Crippen MR) is 65.1 cm³/mol. The van der Waals surface area contributed by atoms with Crippen molar-refractivity contribution in [3.05, 3.63) is 22.2 Å². The third-order valence-electron chi connectivity index (χ3n) is 2.59. The quantitative estimate of drug-likeness (QED) is 0.553. The zero-order chi connectivity index (χ0) is 13.7. The van der Waals surface area contributed by atoms with Gasteiger partial charge in [0.15, 0.2) is 0 Å². The Bertz CT molecular complexity index is 470. The van der Waals surface area contributed by atoms with Crippen LogP contribution in [-0.2, 0) is 11.2 Å². The standard InChI is InChI=1S/C11H17N3O4/c1-6(16)9(5-15)3-8-4-12-11(18)14-10(8)13-7(2)17/h4,6,9,15-16H,3,5H2,1-2H3,(H2,12,13,14,17,18)/t6-,9+/m1/s1. The van der Waals surface area contributed by atoms with Crippen LogP contribution in [-0.4, -0.2) is 38.8 Å². The fourth-order valence-electron chi connectivity index (χ4n) is 1.53. The molecule has 0 aromatic carbocycles. The molecule has 7 heteroatoms.